The van der Waals surface area contributed by atoms with Gasteiger partial charge >= 0.3 is 11.9 Å². The molecule has 0 aliphatic carbocycles. The van der Waals surface area contributed by atoms with Gasteiger partial charge in [0, 0.05) is 5.54 Å². The third-order valence-electron chi connectivity index (χ3n) is 1.63. The minimum absolute atomic E-state index is 0.712. The van der Waals surface area contributed by atoms with Crippen LogP contribution in [0.3, 0.4) is 0 Å². The number of rotatable bonds is 3. The van der Waals surface area contributed by atoms with Crippen molar-refractivity contribution < 1.29 is 19.4 Å². The van der Waals surface area contributed by atoms with E-state index in [0.717, 1.165) is 0 Å². The van der Waals surface area contributed by atoms with Crippen LogP contribution >= 0.6 is 0 Å². The Balaban J connectivity index is 4.82. The molecule has 5 heteroatoms. The number of carboxylic acids is 1. The minimum Gasteiger partial charge on any atom is -0.481 e. The van der Waals surface area contributed by atoms with E-state index < -0.39 is 29.0 Å². The van der Waals surface area contributed by atoms with Gasteiger partial charge in [0.15, 0.2) is 5.92 Å². The molecule has 0 aromatic heterocycles. The molecule has 1 unspecified atom stereocenters. The first kappa shape index (κ1) is 13.9. The molecule has 15 heavy (non-hydrogen) atoms. The predicted molar refractivity (Wildman–Crippen MR) is 55.2 cm³/mol. The molecule has 0 rings (SSSR count). The van der Waals surface area contributed by atoms with Crippen LogP contribution in [0.25, 0.3) is 0 Å². The van der Waals surface area contributed by atoms with E-state index in [1.807, 2.05) is 0 Å². The Morgan fingerprint density at radius 2 is 1.60 bits per heavy atom. The molecule has 0 radical (unpaired) electrons. The normalized spacial score (nSPS) is 14.5. The van der Waals surface area contributed by atoms with E-state index in [1.54, 1.807) is 20.8 Å². The Hall–Kier alpha value is -1.10. The van der Waals surface area contributed by atoms with Crippen molar-refractivity contribution in [3.05, 3.63) is 0 Å². The van der Waals surface area contributed by atoms with Crippen molar-refractivity contribution in [1.29, 1.82) is 0 Å². The van der Waals surface area contributed by atoms with Gasteiger partial charge in [0.25, 0.3) is 0 Å². The summed E-state index contributed by atoms with van der Waals surface area (Å²) in [6, 6.07) is 0. The Morgan fingerprint density at radius 3 is 1.80 bits per heavy atom. The average molecular weight is 217 g/mol. The van der Waals surface area contributed by atoms with Crippen LogP contribution in [0.2, 0.25) is 0 Å². The SMILES string of the molecule is CC(C)(C)OC(=O)C(C(=O)O)C(C)(C)N. The summed E-state index contributed by atoms with van der Waals surface area (Å²) in [4.78, 5) is 22.5. The standard InChI is InChI=1S/C10H19NO4/c1-9(2,3)15-8(14)6(7(12)13)10(4,5)11/h6H,11H2,1-5H3,(H,12,13). The molecular weight excluding hydrogens is 198 g/mol. The number of aliphatic carboxylic acids is 1. The number of nitrogens with two attached hydrogens (primary N) is 1. The highest BCUT2D eigenvalue weighted by Gasteiger charge is 2.41. The van der Waals surface area contributed by atoms with Gasteiger partial charge in [-0.1, -0.05) is 0 Å². The summed E-state index contributed by atoms with van der Waals surface area (Å²) in [7, 11) is 0. The summed E-state index contributed by atoms with van der Waals surface area (Å²) >= 11 is 0. The van der Waals surface area contributed by atoms with E-state index in [4.69, 9.17) is 15.6 Å². The van der Waals surface area contributed by atoms with Crippen molar-refractivity contribution in [2.45, 2.75) is 45.8 Å². The summed E-state index contributed by atoms with van der Waals surface area (Å²) in [5.74, 6) is -3.42. The summed E-state index contributed by atoms with van der Waals surface area (Å²) in [6.45, 7) is 7.99. The average Bonchev–Trinajstić information content (AvgIpc) is 1.74. The fourth-order valence-electron chi connectivity index (χ4n) is 1.08. The van der Waals surface area contributed by atoms with Crippen molar-refractivity contribution >= 4 is 11.9 Å². The van der Waals surface area contributed by atoms with E-state index in [1.165, 1.54) is 13.8 Å². The van der Waals surface area contributed by atoms with Crippen molar-refractivity contribution in [3.8, 4) is 0 Å². The second-order valence-corrected chi connectivity index (χ2v) is 5.13. The lowest BCUT2D eigenvalue weighted by Crippen LogP contribution is -2.50. The molecule has 0 amide bonds. The first-order valence-corrected chi connectivity index (χ1v) is 4.69. The molecular formula is C10H19NO4. The highest BCUT2D eigenvalue weighted by Crippen LogP contribution is 2.19. The molecule has 0 fully saturated rings. The molecule has 0 saturated carbocycles. The number of hydrogen-bond donors (Lipinski definition) is 2. The molecule has 5 nitrogen and oxygen atoms in total. The lowest BCUT2D eigenvalue weighted by atomic mass is 9.88. The van der Waals surface area contributed by atoms with Crippen LogP contribution in [0.4, 0.5) is 0 Å². The van der Waals surface area contributed by atoms with E-state index in [-0.39, 0.29) is 0 Å². The zero-order valence-corrected chi connectivity index (χ0v) is 9.83. The Bertz CT molecular complexity index is 260. The fraction of sp³-hybridized carbons (Fsp3) is 0.800. The lowest BCUT2D eigenvalue weighted by molar-refractivity contribution is -0.169. The predicted octanol–water partition coefficient (Wildman–Crippen LogP) is 0.766. The van der Waals surface area contributed by atoms with E-state index in [2.05, 4.69) is 0 Å². The van der Waals surface area contributed by atoms with Crippen LogP contribution in [-0.2, 0) is 14.3 Å². The topological polar surface area (TPSA) is 89.6 Å². The summed E-state index contributed by atoms with van der Waals surface area (Å²) in [5.41, 5.74) is 3.76. The summed E-state index contributed by atoms with van der Waals surface area (Å²) in [5, 5.41) is 8.90. The van der Waals surface area contributed by atoms with Gasteiger partial charge in [0.05, 0.1) is 0 Å². The van der Waals surface area contributed by atoms with Gasteiger partial charge in [-0.25, -0.2) is 0 Å². The number of carbonyl (C=O) groups excluding carboxylic acids is 1. The quantitative estimate of drug-likeness (QED) is 0.538. The molecule has 0 aromatic rings. The highest BCUT2D eigenvalue weighted by atomic mass is 16.6. The number of esters is 1. The van der Waals surface area contributed by atoms with Crippen LogP contribution in [0.1, 0.15) is 34.6 Å². The molecule has 0 aromatic carbocycles. The molecule has 0 heterocycles. The van der Waals surface area contributed by atoms with Crippen molar-refractivity contribution in [2.75, 3.05) is 0 Å². The number of carboxylic acid groups (broad SMARTS) is 1. The maximum atomic E-state index is 11.6. The molecule has 0 bridgehead atoms. The zero-order chi connectivity index (χ0) is 12.4. The van der Waals surface area contributed by atoms with Gasteiger partial charge in [0.1, 0.15) is 5.60 Å². The lowest BCUT2D eigenvalue weighted by Gasteiger charge is -2.28. The highest BCUT2D eigenvalue weighted by molar-refractivity contribution is 5.95. The van der Waals surface area contributed by atoms with E-state index >= 15 is 0 Å². The van der Waals surface area contributed by atoms with Gasteiger partial charge in [-0.3, -0.25) is 9.59 Å². The number of hydrogen-bond acceptors (Lipinski definition) is 4. The fourth-order valence-corrected chi connectivity index (χ4v) is 1.08. The van der Waals surface area contributed by atoms with Crippen molar-refractivity contribution in [3.63, 3.8) is 0 Å². The molecule has 3 N–H and O–H groups in total. The molecule has 88 valence electrons. The van der Waals surface area contributed by atoms with Crippen LogP contribution in [0, 0.1) is 5.92 Å². The first-order chi connectivity index (χ1) is 6.45. The van der Waals surface area contributed by atoms with Gasteiger partial charge in [0.2, 0.25) is 0 Å². The molecule has 0 aliphatic heterocycles. The monoisotopic (exact) mass is 217 g/mol. The first-order valence-electron chi connectivity index (χ1n) is 4.69. The second kappa shape index (κ2) is 4.18. The second-order valence-electron chi connectivity index (χ2n) is 5.13. The van der Waals surface area contributed by atoms with Crippen LogP contribution in [0.15, 0.2) is 0 Å². The van der Waals surface area contributed by atoms with Gasteiger partial charge in [-0.2, -0.15) is 0 Å². The maximum Gasteiger partial charge on any atom is 0.322 e. The van der Waals surface area contributed by atoms with Gasteiger partial charge < -0.3 is 15.6 Å². The summed E-state index contributed by atoms with van der Waals surface area (Å²) in [6.07, 6.45) is 0. The third-order valence-corrected chi connectivity index (χ3v) is 1.63. The van der Waals surface area contributed by atoms with E-state index in [0.29, 0.717) is 0 Å². The molecule has 0 aliphatic rings. The number of ether oxygens (including phenoxy) is 1. The Labute approximate surface area is 89.6 Å². The van der Waals surface area contributed by atoms with Crippen LogP contribution < -0.4 is 5.73 Å². The molecule has 1 atom stereocenters. The number of carbonyl (C=O) groups is 2. The minimum atomic E-state index is -1.35. The smallest absolute Gasteiger partial charge is 0.322 e. The van der Waals surface area contributed by atoms with Crippen LogP contribution in [-0.4, -0.2) is 28.2 Å². The van der Waals surface area contributed by atoms with E-state index in [9.17, 15) is 9.59 Å². The summed E-state index contributed by atoms with van der Waals surface area (Å²) < 4.78 is 4.99. The third kappa shape index (κ3) is 4.78. The Morgan fingerprint density at radius 1 is 1.20 bits per heavy atom. The van der Waals surface area contributed by atoms with Crippen molar-refractivity contribution in [1.82, 2.24) is 0 Å². The van der Waals surface area contributed by atoms with Gasteiger partial charge in [-0.05, 0) is 34.6 Å². The zero-order valence-electron chi connectivity index (χ0n) is 9.83. The molecule has 0 saturated heterocycles. The largest absolute Gasteiger partial charge is 0.481 e. The van der Waals surface area contributed by atoms with Gasteiger partial charge in [-0.15, -0.1) is 0 Å². The Kier molecular flexibility index (Phi) is 3.88. The maximum absolute atomic E-state index is 11.6. The van der Waals surface area contributed by atoms with Crippen molar-refractivity contribution in [2.24, 2.45) is 11.7 Å². The molecule has 0 spiro atoms. The van der Waals surface area contributed by atoms with Crippen LogP contribution in [0.5, 0.6) is 0 Å².